The minimum absolute atomic E-state index is 0.710. The highest BCUT2D eigenvalue weighted by atomic mass is 16.3. The van der Waals surface area contributed by atoms with Gasteiger partial charge in [-0.15, -0.1) is 0 Å². The summed E-state index contributed by atoms with van der Waals surface area (Å²) in [6, 6.07) is 14.4. The van der Waals surface area contributed by atoms with Crippen molar-refractivity contribution < 1.29 is 5.11 Å². The monoisotopic (exact) mass is 229 g/mol. The van der Waals surface area contributed by atoms with E-state index in [0.717, 1.165) is 12.1 Å². The van der Waals surface area contributed by atoms with Crippen molar-refractivity contribution in [2.45, 2.75) is 18.9 Å². The third kappa shape index (κ3) is 2.65. The van der Waals surface area contributed by atoms with Crippen LogP contribution in [0.25, 0.3) is 10.8 Å². The van der Waals surface area contributed by atoms with Gasteiger partial charge in [-0.1, -0.05) is 36.4 Å². The van der Waals surface area contributed by atoms with Gasteiger partial charge in [0.25, 0.3) is 0 Å². The van der Waals surface area contributed by atoms with Crippen molar-refractivity contribution in [2.75, 3.05) is 13.6 Å². The average molecular weight is 229 g/mol. The highest BCUT2D eigenvalue weighted by Crippen LogP contribution is 2.27. The zero-order valence-corrected chi connectivity index (χ0v) is 10.4. The van der Waals surface area contributed by atoms with E-state index in [4.69, 9.17) is 0 Å². The molecule has 0 saturated carbocycles. The van der Waals surface area contributed by atoms with Crippen LogP contribution in [0.1, 0.15) is 18.9 Å². The van der Waals surface area contributed by atoms with E-state index >= 15 is 0 Å². The van der Waals surface area contributed by atoms with Crippen molar-refractivity contribution >= 4 is 10.8 Å². The summed E-state index contributed by atoms with van der Waals surface area (Å²) in [5.41, 5.74) is 0.207. The third-order valence-corrected chi connectivity index (χ3v) is 3.23. The van der Waals surface area contributed by atoms with Crippen molar-refractivity contribution in [2.24, 2.45) is 0 Å². The number of nitrogens with one attached hydrogen (secondary N) is 1. The van der Waals surface area contributed by atoms with Crippen LogP contribution in [0.4, 0.5) is 0 Å². The predicted molar refractivity (Wildman–Crippen MR) is 72.1 cm³/mol. The second-order valence-electron chi connectivity index (χ2n) is 4.69. The normalized spacial score (nSPS) is 14.8. The lowest BCUT2D eigenvalue weighted by Crippen LogP contribution is -2.26. The molecule has 0 radical (unpaired) electrons. The van der Waals surface area contributed by atoms with Crippen molar-refractivity contribution in [3.63, 3.8) is 0 Å². The van der Waals surface area contributed by atoms with Crippen molar-refractivity contribution in [3.05, 3.63) is 48.0 Å². The van der Waals surface area contributed by atoms with Gasteiger partial charge in [-0.3, -0.25) is 0 Å². The van der Waals surface area contributed by atoms with Gasteiger partial charge in [-0.2, -0.15) is 0 Å². The third-order valence-electron chi connectivity index (χ3n) is 3.23. The van der Waals surface area contributed by atoms with Crippen LogP contribution in [0.3, 0.4) is 0 Å². The van der Waals surface area contributed by atoms with Gasteiger partial charge in [0.15, 0.2) is 0 Å². The summed E-state index contributed by atoms with van der Waals surface area (Å²) in [6.45, 7) is 2.67. The first-order valence-corrected chi connectivity index (χ1v) is 6.00. The lowest BCUT2D eigenvalue weighted by atomic mass is 9.91. The average Bonchev–Trinajstić information content (AvgIpc) is 2.36. The van der Waals surface area contributed by atoms with Crippen LogP contribution < -0.4 is 5.32 Å². The molecule has 0 fully saturated rings. The summed E-state index contributed by atoms with van der Waals surface area (Å²) in [4.78, 5) is 0. The number of hydrogen-bond acceptors (Lipinski definition) is 2. The highest BCUT2D eigenvalue weighted by molar-refractivity contribution is 5.83. The van der Waals surface area contributed by atoms with E-state index in [-0.39, 0.29) is 0 Å². The second-order valence-corrected chi connectivity index (χ2v) is 4.69. The first-order chi connectivity index (χ1) is 8.13. The molecule has 0 aliphatic rings. The molecule has 17 heavy (non-hydrogen) atoms. The zero-order valence-electron chi connectivity index (χ0n) is 10.4. The van der Waals surface area contributed by atoms with Gasteiger partial charge in [0.2, 0.25) is 0 Å². The molecular weight excluding hydrogens is 210 g/mol. The maximum atomic E-state index is 10.4. The Morgan fingerprint density at radius 1 is 1.12 bits per heavy atom. The Labute approximate surface area is 102 Å². The second kappa shape index (κ2) is 4.86. The van der Waals surface area contributed by atoms with E-state index in [0.29, 0.717) is 6.42 Å². The van der Waals surface area contributed by atoms with E-state index in [2.05, 4.69) is 29.6 Å². The predicted octanol–water partition coefficient (Wildman–Crippen LogP) is 2.66. The number of aliphatic hydroxyl groups is 1. The Kier molecular flexibility index (Phi) is 3.46. The van der Waals surface area contributed by atoms with Gasteiger partial charge in [0.1, 0.15) is 0 Å². The van der Waals surface area contributed by atoms with E-state index in [1.54, 1.807) is 0 Å². The van der Waals surface area contributed by atoms with Gasteiger partial charge in [-0.05, 0) is 49.3 Å². The van der Waals surface area contributed by atoms with E-state index in [1.165, 1.54) is 10.8 Å². The minimum Gasteiger partial charge on any atom is -0.385 e. The van der Waals surface area contributed by atoms with Crippen molar-refractivity contribution in [3.8, 4) is 0 Å². The topological polar surface area (TPSA) is 32.3 Å². The molecule has 2 heteroatoms. The summed E-state index contributed by atoms with van der Waals surface area (Å²) < 4.78 is 0. The molecule has 0 bridgehead atoms. The Morgan fingerprint density at radius 3 is 2.53 bits per heavy atom. The van der Waals surface area contributed by atoms with Crippen LogP contribution >= 0.6 is 0 Å². The van der Waals surface area contributed by atoms with Crippen LogP contribution in [0, 0.1) is 0 Å². The summed E-state index contributed by atoms with van der Waals surface area (Å²) in [7, 11) is 1.90. The first kappa shape index (κ1) is 12.1. The van der Waals surface area contributed by atoms with Crippen LogP contribution in [-0.4, -0.2) is 18.7 Å². The molecule has 2 N–H and O–H groups in total. The number of benzene rings is 2. The first-order valence-electron chi connectivity index (χ1n) is 6.00. The molecule has 1 unspecified atom stereocenters. The van der Waals surface area contributed by atoms with Gasteiger partial charge >= 0.3 is 0 Å². The Morgan fingerprint density at radius 2 is 1.82 bits per heavy atom. The van der Waals surface area contributed by atoms with Gasteiger partial charge in [-0.25, -0.2) is 0 Å². The summed E-state index contributed by atoms with van der Waals surface area (Å²) >= 11 is 0. The lowest BCUT2D eigenvalue weighted by molar-refractivity contribution is 0.0487. The van der Waals surface area contributed by atoms with E-state index in [9.17, 15) is 5.11 Å². The molecule has 0 amide bonds. The molecule has 0 aliphatic carbocycles. The van der Waals surface area contributed by atoms with Gasteiger partial charge in [0, 0.05) is 0 Å². The molecule has 0 heterocycles. The van der Waals surface area contributed by atoms with E-state index < -0.39 is 5.60 Å². The maximum absolute atomic E-state index is 10.4. The summed E-state index contributed by atoms with van der Waals surface area (Å²) in [6.07, 6.45) is 0.710. The summed E-state index contributed by atoms with van der Waals surface area (Å²) in [5, 5.41) is 15.9. The molecule has 0 spiro atoms. The molecule has 2 aromatic rings. The smallest absolute Gasteiger partial charge is 0.0880 e. The Hall–Kier alpha value is -1.38. The van der Waals surface area contributed by atoms with Crippen LogP contribution in [-0.2, 0) is 5.60 Å². The standard InChI is InChI=1S/C15H19NO/c1-15(17,9-10-16-2)14-8-7-12-5-3-4-6-13(12)11-14/h3-8,11,16-17H,9-10H2,1-2H3. The zero-order chi connectivity index (χ0) is 12.3. The summed E-state index contributed by atoms with van der Waals surface area (Å²) in [5.74, 6) is 0. The molecule has 0 aromatic heterocycles. The quantitative estimate of drug-likeness (QED) is 0.844. The molecular formula is C15H19NO. The fourth-order valence-corrected chi connectivity index (χ4v) is 2.04. The van der Waals surface area contributed by atoms with Crippen molar-refractivity contribution in [1.29, 1.82) is 0 Å². The molecule has 90 valence electrons. The van der Waals surface area contributed by atoms with Crippen molar-refractivity contribution in [1.82, 2.24) is 5.32 Å². The Balaban J connectivity index is 2.35. The fraction of sp³-hybridized carbons (Fsp3) is 0.333. The highest BCUT2D eigenvalue weighted by Gasteiger charge is 2.22. The lowest BCUT2D eigenvalue weighted by Gasteiger charge is -2.24. The SMILES string of the molecule is CNCCC(C)(O)c1ccc2ccccc2c1. The largest absolute Gasteiger partial charge is 0.385 e. The molecule has 2 rings (SSSR count). The minimum atomic E-state index is -0.771. The number of rotatable bonds is 4. The van der Waals surface area contributed by atoms with E-state index in [1.807, 2.05) is 32.2 Å². The molecule has 1 atom stereocenters. The van der Waals surface area contributed by atoms with Crippen LogP contribution in [0.5, 0.6) is 0 Å². The van der Waals surface area contributed by atoms with Gasteiger partial charge in [0.05, 0.1) is 5.60 Å². The molecule has 0 saturated heterocycles. The fourth-order valence-electron chi connectivity index (χ4n) is 2.04. The molecule has 0 aliphatic heterocycles. The molecule has 2 aromatic carbocycles. The number of fused-ring (bicyclic) bond motifs is 1. The van der Waals surface area contributed by atoms with Crippen LogP contribution in [0.2, 0.25) is 0 Å². The number of hydrogen-bond donors (Lipinski definition) is 2. The Bertz CT molecular complexity index is 505. The molecule has 2 nitrogen and oxygen atoms in total. The maximum Gasteiger partial charge on any atom is 0.0880 e. The van der Waals surface area contributed by atoms with Crippen LogP contribution in [0.15, 0.2) is 42.5 Å². The van der Waals surface area contributed by atoms with Gasteiger partial charge < -0.3 is 10.4 Å².